The van der Waals surface area contributed by atoms with Gasteiger partial charge in [-0.15, -0.1) is 0 Å². The van der Waals surface area contributed by atoms with Gasteiger partial charge >= 0.3 is 0 Å². The summed E-state index contributed by atoms with van der Waals surface area (Å²) in [7, 11) is -3.44. The Bertz CT molecular complexity index is 716. The van der Waals surface area contributed by atoms with Gasteiger partial charge in [0.15, 0.2) is 0 Å². The molecule has 0 bridgehead atoms. The molecule has 4 aliphatic carbocycles. The molecule has 0 N–H and O–H groups in total. The predicted molar refractivity (Wildman–Crippen MR) is 106 cm³/mol. The maximum Gasteiger partial charge on any atom is 0.264 e. The van der Waals surface area contributed by atoms with Crippen LogP contribution in [0.5, 0.6) is 0 Å². The largest absolute Gasteiger partial charge is 0.300 e. The fourth-order valence-corrected chi connectivity index (χ4v) is 9.04. The van der Waals surface area contributed by atoms with E-state index in [0.29, 0.717) is 29.5 Å². The number of rotatable bonds is 3. The Morgan fingerprint density at radius 2 is 1.70 bits per heavy atom. The lowest BCUT2D eigenvalue weighted by Gasteiger charge is -2.62. The standard InChI is InChI=1S/C22H36O4S/c1-14(23)17-10-11-18-16-9-8-15-6-5-7-20(26-27(4,24)25)22(15,3)19(16)12-13-21(17,18)2/h15-20H,5-13H2,1-4H3/t15-,16-,17+,18-,19-,20?,21-,22-/m0/s1. The first-order chi connectivity index (χ1) is 12.6. The lowest BCUT2D eigenvalue weighted by Crippen LogP contribution is -2.58. The van der Waals surface area contributed by atoms with Crippen LogP contribution < -0.4 is 0 Å². The molecule has 5 heteroatoms. The molecule has 4 aliphatic rings. The highest BCUT2D eigenvalue weighted by Crippen LogP contribution is 2.67. The highest BCUT2D eigenvalue weighted by Gasteiger charge is 2.62. The number of ketones is 1. The fraction of sp³-hybridized carbons (Fsp3) is 0.955. The van der Waals surface area contributed by atoms with Gasteiger partial charge in [-0.3, -0.25) is 8.98 Å². The molecule has 0 spiro atoms. The molecule has 4 rings (SSSR count). The zero-order valence-corrected chi connectivity index (χ0v) is 18.2. The summed E-state index contributed by atoms with van der Waals surface area (Å²) < 4.78 is 29.7. The first-order valence-electron chi connectivity index (χ1n) is 11.0. The van der Waals surface area contributed by atoms with Gasteiger partial charge in [-0.1, -0.05) is 20.3 Å². The molecule has 27 heavy (non-hydrogen) atoms. The molecule has 0 aromatic rings. The molecule has 0 amide bonds. The second-order valence-corrected chi connectivity index (χ2v) is 12.1. The average Bonchev–Trinajstić information content (AvgIpc) is 2.92. The zero-order valence-electron chi connectivity index (χ0n) is 17.4. The molecule has 154 valence electrons. The smallest absolute Gasteiger partial charge is 0.264 e. The Labute approximate surface area is 164 Å². The Balaban J connectivity index is 1.66. The van der Waals surface area contributed by atoms with Crippen molar-refractivity contribution in [1.82, 2.24) is 0 Å². The van der Waals surface area contributed by atoms with Crippen LogP contribution in [0.25, 0.3) is 0 Å². The summed E-state index contributed by atoms with van der Waals surface area (Å²) >= 11 is 0. The summed E-state index contributed by atoms with van der Waals surface area (Å²) in [5, 5.41) is 0. The third kappa shape index (κ3) is 3.02. The van der Waals surface area contributed by atoms with Gasteiger partial charge in [0.05, 0.1) is 12.4 Å². The van der Waals surface area contributed by atoms with Crippen LogP contribution in [0, 0.1) is 40.4 Å². The molecular weight excluding hydrogens is 360 g/mol. The topological polar surface area (TPSA) is 60.4 Å². The van der Waals surface area contributed by atoms with E-state index in [2.05, 4.69) is 13.8 Å². The molecule has 8 atom stereocenters. The first kappa shape index (κ1) is 19.9. The van der Waals surface area contributed by atoms with Crippen LogP contribution in [-0.2, 0) is 19.1 Å². The summed E-state index contributed by atoms with van der Waals surface area (Å²) in [6, 6.07) is 0. The van der Waals surface area contributed by atoms with Gasteiger partial charge in [0.2, 0.25) is 0 Å². The van der Waals surface area contributed by atoms with Crippen LogP contribution in [0.3, 0.4) is 0 Å². The molecular formula is C22H36O4S. The van der Waals surface area contributed by atoms with E-state index in [1.807, 2.05) is 0 Å². The van der Waals surface area contributed by atoms with E-state index in [0.717, 1.165) is 32.1 Å². The minimum Gasteiger partial charge on any atom is -0.300 e. The Morgan fingerprint density at radius 1 is 0.963 bits per heavy atom. The van der Waals surface area contributed by atoms with Crippen molar-refractivity contribution in [2.75, 3.05) is 6.26 Å². The van der Waals surface area contributed by atoms with Crippen LogP contribution in [0.2, 0.25) is 0 Å². The van der Waals surface area contributed by atoms with Crippen LogP contribution >= 0.6 is 0 Å². The van der Waals surface area contributed by atoms with Crippen molar-refractivity contribution in [2.24, 2.45) is 40.4 Å². The SMILES string of the molecule is CC(=O)[C@H]1CC[C@H]2[C@@H]3CC[C@@H]4CCCC(OS(C)(=O)=O)[C@]4(C)[C@H]3CC[C@@]12C. The van der Waals surface area contributed by atoms with Crippen molar-refractivity contribution in [2.45, 2.75) is 84.7 Å². The third-order valence-electron chi connectivity index (χ3n) is 9.46. The number of carbonyl (C=O) groups is 1. The minimum absolute atomic E-state index is 0.0418. The first-order valence-corrected chi connectivity index (χ1v) is 12.8. The molecule has 0 radical (unpaired) electrons. The van der Waals surface area contributed by atoms with E-state index >= 15 is 0 Å². The van der Waals surface area contributed by atoms with Gasteiger partial charge in [-0.25, -0.2) is 0 Å². The van der Waals surface area contributed by atoms with Gasteiger partial charge in [-0.2, -0.15) is 8.42 Å². The summed E-state index contributed by atoms with van der Waals surface area (Å²) in [4.78, 5) is 12.3. The summed E-state index contributed by atoms with van der Waals surface area (Å²) in [5.41, 5.74) is 0.109. The second kappa shape index (κ2) is 6.55. The van der Waals surface area contributed by atoms with Gasteiger partial charge in [0.1, 0.15) is 5.78 Å². The maximum absolute atomic E-state index is 12.3. The summed E-state index contributed by atoms with van der Waals surface area (Å²) in [5.74, 6) is 2.94. The molecule has 0 aromatic heterocycles. The lowest BCUT2D eigenvalue weighted by atomic mass is 9.44. The number of fused-ring (bicyclic) bond motifs is 5. The molecule has 1 unspecified atom stereocenters. The molecule has 0 saturated heterocycles. The van der Waals surface area contributed by atoms with Crippen molar-refractivity contribution >= 4 is 15.9 Å². The zero-order chi connectivity index (χ0) is 19.6. The third-order valence-corrected chi connectivity index (χ3v) is 10.0. The van der Waals surface area contributed by atoms with Gasteiger partial charge in [0, 0.05) is 11.3 Å². The lowest BCUT2D eigenvalue weighted by molar-refractivity contribution is -0.157. The molecule has 4 fully saturated rings. The Kier molecular flexibility index (Phi) is 4.82. The van der Waals surface area contributed by atoms with Gasteiger partial charge < -0.3 is 0 Å². The van der Waals surface area contributed by atoms with Crippen molar-refractivity contribution in [1.29, 1.82) is 0 Å². The highest BCUT2D eigenvalue weighted by molar-refractivity contribution is 7.86. The number of Topliss-reactive ketones (excluding diaryl/α,β-unsaturated/α-hetero) is 1. The van der Waals surface area contributed by atoms with E-state index in [9.17, 15) is 13.2 Å². The monoisotopic (exact) mass is 396 g/mol. The summed E-state index contributed by atoms with van der Waals surface area (Å²) in [6.45, 7) is 6.48. The second-order valence-electron chi connectivity index (χ2n) is 10.5. The number of carbonyl (C=O) groups excluding carboxylic acids is 1. The highest BCUT2D eigenvalue weighted by atomic mass is 32.2. The van der Waals surface area contributed by atoms with Gasteiger partial charge in [0.25, 0.3) is 10.1 Å². The molecule has 4 saturated carbocycles. The number of hydrogen-bond donors (Lipinski definition) is 0. The quantitative estimate of drug-likeness (QED) is 0.655. The van der Waals surface area contributed by atoms with Crippen LogP contribution in [0.1, 0.15) is 78.6 Å². The maximum atomic E-state index is 12.3. The Morgan fingerprint density at radius 3 is 2.37 bits per heavy atom. The molecule has 0 heterocycles. The Hall–Kier alpha value is -0.420. The van der Waals surface area contributed by atoms with E-state index < -0.39 is 10.1 Å². The van der Waals surface area contributed by atoms with Crippen molar-refractivity contribution in [3.63, 3.8) is 0 Å². The van der Waals surface area contributed by atoms with E-state index in [1.54, 1.807) is 6.92 Å². The van der Waals surface area contributed by atoms with Crippen LogP contribution in [-0.4, -0.2) is 26.6 Å². The molecule has 0 aliphatic heterocycles. The van der Waals surface area contributed by atoms with Crippen molar-refractivity contribution in [3.8, 4) is 0 Å². The summed E-state index contributed by atoms with van der Waals surface area (Å²) in [6.07, 6.45) is 11.1. The van der Waals surface area contributed by atoms with E-state index in [-0.39, 0.29) is 22.9 Å². The fourth-order valence-electron chi connectivity index (χ4n) is 8.32. The van der Waals surface area contributed by atoms with Crippen molar-refractivity contribution < 1.29 is 17.4 Å². The average molecular weight is 397 g/mol. The molecule has 0 aromatic carbocycles. The van der Waals surface area contributed by atoms with E-state index in [4.69, 9.17) is 4.18 Å². The van der Waals surface area contributed by atoms with Crippen LogP contribution in [0.4, 0.5) is 0 Å². The van der Waals surface area contributed by atoms with Crippen molar-refractivity contribution in [3.05, 3.63) is 0 Å². The predicted octanol–water partition coefficient (Wildman–Crippen LogP) is 4.58. The molecule has 4 nitrogen and oxygen atoms in total. The van der Waals surface area contributed by atoms with Crippen LogP contribution in [0.15, 0.2) is 0 Å². The number of hydrogen-bond acceptors (Lipinski definition) is 4. The normalized spacial score (nSPS) is 49.8. The van der Waals surface area contributed by atoms with Gasteiger partial charge in [-0.05, 0) is 87.4 Å². The van der Waals surface area contributed by atoms with E-state index in [1.165, 1.54) is 31.9 Å². The minimum atomic E-state index is -3.44.